The molecule has 0 saturated heterocycles. The van der Waals surface area contributed by atoms with Crippen molar-refractivity contribution in [3.63, 3.8) is 0 Å². The minimum Gasteiger partial charge on any atom is -0.481 e. The van der Waals surface area contributed by atoms with Gasteiger partial charge in [0.05, 0.1) is 4.90 Å². The molecule has 2 N–H and O–H groups in total. The first kappa shape index (κ1) is 21.3. The monoisotopic (exact) mass is 416 g/mol. The van der Waals surface area contributed by atoms with Crippen LogP contribution < -0.4 is 14.8 Å². The Labute approximate surface area is 172 Å². The molecule has 1 aliphatic carbocycles. The van der Waals surface area contributed by atoms with E-state index in [1.165, 1.54) is 18.6 Å². The number of benzene rings is 2. The molecule has 29 heavy (non-hydrogen) atoms. The quantitative estimate of drug-likeness (QED) is 0.714. The number of nitrogens with one attached hydrogen (secondary N) is 2. The summed E-state index contributed by atoms with van der Waals surface area (Å²) in [7, 11) is -3.55. The summed E-state index contributed by atoms with van der Waals surface area (Å²) in [5.74, 6) is 0.315. The number of rotatable bonds is 7. The third-order valence-electron chi connectivity index (χ3n) is 5.06. The van der Waals surface area contributed by atoms with Crippen molar-refractivity contribution < 1.29 is 17.9 Å². The smallest absolute Gasteiger partial charge is 0.265 e. The molecule has 1 aliphatic rings. The Morgan fingerprint density at radius 2 is 1.62 bits per heavy atom. The molecular weight excluding hydrogens is 388 g/mol. The van der Waals surface area contributed by atoms with E-state index in [2.05, 4.69) is 10.0 Å². The fourth-order valence-corrected chi connectivity index (χ4v) is 4.65. The van der Waals surface area contributed by atoms with E-state index in [1.807, 2.05) is 31.2 Å². The second-order valence-electron chi connectivity index (χ2n) is 7.54. The van der Waals surface area contributed by atoms with Crippen LogP contribution >= 0.6 is 0 Å². The molecule has 7 heteroatoms. The molecule has 6 nitrogen and oxygen atoms in total. The second kappa shape index (κ2) is 9.41. The van der Waals surface area contributed by atoms with Gasteiger partial charge in [-0.3, -0.25) is 4.79 Å². The Morgan fingerprint density at radius 1 is 1.00 bits per heavy atom. The Bertz CT molecular complexity index is 918. The van der Waals surface area contributed by atoms with Gasteiger partial charge >= 0.3 is 0 Å². The lowest BCUT2D eigenvalue weighted by Crippen LogP contribution is -2.36. The Kier molecular flexibility index (Phi) is 6.92. The Balaban J connectivity index is 1.57. The molecule has 0 aromatic heterocycles. The van der Waals surface area contributed by atoms with Crippen LogP contribution in [0.1, 0.15) is 44.6 Å². The van der Waals surface area contributed by atoms with Crippen LogP contribution in [0.4, 0.5) is 5.69 Å². The largest absolute Gasteiger partial charge is 0.481 e. The van der Waals surface area contributed by atoms with E-state index in [4.69, 9.17) is 4.74 Å². The van der Waals surface area contributed by atoms with Crippen molar-refractivity contribution in [3.05, 3.63) is 54.1 Å². The number of ether oxygens (including phenoxy) is 1. The third kappa shape index (κ3) is 6.05. The molecule has 0 unspecified atom stereocenters. The van der Waals surface area contributed by atoms with Gasteiger partial charge in [-0.1, -0.05) is 37.0 Å². The van der Waals surface area contributed by atoms with Gasteiger partial charge in [0.15, 0.2) is 6.10 Å². The Hall–Kier alpha value is -2.38. The molecule has 1 atom stereocenters. The molecule has 0 aliphatic heterocycles. The van der Waals surface area contributed by atoms with Gasteiger partial charge in [0, 0.05) is 11.7 Å². The highest BCUT2D eigenvalue weighted by molar-refractivity contribution is 7.89. The van der Waals surface area contributed by atoms with Crippen molar-refractivity contribution in [2.75, 3.05) is 5.32 Å². The fourth-order valence-electron chi connectivity index (χ4n) is 3.34. The van der Waals surface area contributed by atoms with Crippen LogP contribution in [0, 0.1) is 6.92 Å². The van der Waals surface area contributed by atoms with Crippen molar-refractivity contribution in [2.24, 2.45) is 0 Å². The molecular formula is C22H28N2O4S. The summed E-state index contributed by atoms with van der Waals surface area (Å²) < 4.78 is 33.5. The zero-order chi connectivity index (χ0) is 20.9. The van der Waals surface area contributed by atoms with Crippen LogP contribution in [-0.2, 0) is 14.8 Å². The van der Waals surface area contributed by atoms with E-state index in [1.54, 1.807) is 19.1 Å². The van der Waals surface area contributed by atoms with E-state index < -0.39 is 16.1 Å². The zero-order valence-corrected chi connectivity index (χ0v) is 17.7. The second-order valence-corrected chi connectivity index (χ2v) is 9.26. The number of sulfonamides is 1. The summed E-state index contributed by atoms with van der Waals surface area (Å²) in [6.07, 6.45) is 4.35. The molecule has 0 heterocycles. The van der Waals surface area contributed by atoms with Crippen LogP contribution in [-0.4, -0.2) is 26.5 Å². The van der Waals surface area contributed by atoms with Crippen molar-refractivity contribution in [2.45, 2.75) is 63.0 Å². The third-order valence-corrected chi connectivity index (χ3v) is 6.60. The number of hydrogen-bond donors (Lipinski definition) is 2. The van der Waals surface area contributed by atoms with E-state index in [0.29, 0.717) is 11.4 Å². The maximum Gasteiger partial charge on any atom is 0.265 e. The fraction of sp³-hybridized carbons (Fsp3) is 0.409. The molecule has 1 saturated carbocycles. The van der Waals surface area contributed by atoms with Crippen molar-refractivity contribution >= 4 is 21.6 Å². The van der Waals surface area contributed by atoms with Gasteiger partial charge in [-0.15, -0.1) is 0 Å². The predicted octanol–water partition coefficient (Wildman–Crippen LogP) is 4.01. The minimum absolute atomic E-state index is 0.00732. The maximum absolute atomic E-state index is 12.6. The van der Waals surface area contributed by atoms with E-state index in [9.17, 15) is 13.2 Å². The number of hydrogen-bond acceptors (Lipinski definition) is 4. The highest BCUT2D eigenvalue weighted by Crippen LogP contribution is 2.21. The average molecular weight is 417 g/mol. The topological polar surface area (TPSA) is 84.5 Å². The average Bonchev–Trinajstić information content (AvgIpc) is 2.70. The molecule has 0 radical (unpaired) electrons. The first-order valence-electron chi connectivity index (χ1n) is 10.00. The maximum atomic E-state index is 12.6. The van der Waals surface area contributed by atoms with Gasteiger partial charge in [0.2, 0.25) is 10.0 Å². The van der Waals surface area contributed by atoms with Gasteiger partial charge in [-0.2, -0.15) is 0 Å². The SMILES string of the molecule is Cc1ccc(O[C@H](C)C(=O)Nc2ccc(S(=O)(=O)NC3CCCCC3)cc2)cc1. The first-order chi connectivity index (χ1) is 13.8. The molecule has 2 aromatic carbocycles. The lowest BCUT2D eigenvalue weighted by atomic mass is 9.96. The summed E-state index contributed by atoms with van der Waals surface area (Å²) in [6.45, 7) is 3.65. The standard InChI is InChI=1S/C22H28N2O4S/c1-16-8-12-20(13-9-16)28-17(2)22(25)23-18-10-14-21(15-11-18)29(26,27)24-19-6-4-3-5-7-19/h8-15,17,19,24H,3-7H2,1-2H3,(H,23,25)/t17-/m1/s1. The highest BCUT2D eigenvalue weighted by Gasteiger charge is 2.22. The van der Waals surface area contributed by atoms with Crippen LogP contribution in [0.25, 0.3) is 0 Å². The van der Waals surface area contributed by atoms with Crippen molar-refractivity contribution in [3.8, 4) is 5.75 Å². The molecule has 1 amide bonds. The summed E-state index contributed by atoms with van der Waals surface area (Å²) >= 11 is 0. The molecule has 0 bridgehead atoms. The minimum atomic E-state index is -3.55. The van der Waals surface area contributed by atoms with Gasteiger partial charge < -0.3 is 10.1 Å². The predicted molar refractivity (Wildman–Crippen MR) is 114 cm³/mol. The zero-order valence-electron chi connectivity index (χ0n) is 16.9. The lowest BCUT2D eigenvalue weighted by Gasteiger charge is -2.22. The molecule has 2 aromatic rings. The highest BCUT2D eigenvalue weighted by atomic mass is 32.2. The molecule has 3 rings (SSSR count). The number of aryl methyl sites for hydroxylation is 1. The van der Waals surface area contributed by atoms with E-state index in [-0.39, 0.29) is 16.8 Å². The number of carbonyl (C=O) groups excluding carboxylic acids is 1. The van der Waals surface area contributed by atoms with Crippen molar-refractivity contribution in [1.82, 2.24) is 4.72 Å². The van der Waals surface area contributed by atoms with E-state index >= 15 is 0 Å². The molecule has 0 spiro atoms. The summed E-state index contributed by atoms with van der Waals surface area (Å²) in [6, 6.07) is 13.7. The molecule has 156 valence electrons. The first-order valence-corrected chi connectivity index (χ1v) is 11.5. The van der Waals surface area contributed by atoms with Crippen LogP contribution in [0.3, 0.4) is 0 Å². The van der Waals surface area contributed by atoms with Crippen LogP contribution in [0.5, 0.6) is 5.75 Å². The van der Waals surface area contributed by atoms with Crippen LogP contribution in [0.15, 0.2) is 53.4 Å². The van der Waals surface area contributed by atoms with Gasteiger partial charge in [0.25, 0.3) is 5.91 Å². The molecule has 1 fully saturated rings. The lowest BCUT2D eigenvalue weighted by molar-refractivity contribution is -0.122. The van der Waals surface area contributed by atoms with Crippen LogP contribution in [0.2, 0.25) is 0 Å². The Morgan fingerprint density at radius 3 is 2.24 bits per heavy atom. The van der Waals surface area contributed by atoms with Gasteiger partial charge in [0.1, 0.15) is 5.75 Å². The summed E-state index contributed by atoms with van der Waals surface area (Å²) in [4.78, 5) is 12.6. The van der Waals surface area contributed by atoms with Gasteiger partial charge in [-0.05, 0) is 63.1 Å². The number of carbonyl (C=O) groups is 1. The number of amides is 1. The van der Waals surface area contributed by atoms with Gasteiger partial charge in [-0.25, -0.2) is 13.1 Å². The number of anilines is 1. The summed E-state index contributed by atoms with van der Waals surface area (Å²) in [5.41, 5.74) is 1.63. The summed E-state index contributed by atoms with van der Waals surface area (Å²) in [5, 5.41) is 2.75. The van der Waals surface area contributed by atoms with Crippen molar-refractivity contribution in [1.29, 1.82) is 0 Å². The van der Waals surface area contributed by atoms with E-state index in [0.717, 1.165) is 31.2 Å². The normalized spacial score (nSPS) is 16.2.